The highest BCUT2D eigenvalue weighted by Crippen LogP contribution is 2.21. The van der Waals surface area contributed by atoms with E-state index in [9.17, 15) is 14.4 Å². The molecule has 1 aromatic heterocycles. The minimum Gasteiger partial charge on any atom is -0.336 e. The Hall–Kier alpha value is -2.74. The Morgan fingerprint density at radius 2 is 1.87 bits per heavy atom. The topological polar surface area (TPSA) is 91.4 Å². The molecule has 1 aliphatic heterocycles. The number of thiazole rings is 1. The number of hydrogen-bond acceptors (Lipinski definition) is 5. The first-order chi connectivity index (χ1) is 11.1. The number of hydrogen-bond donors (Lipinski definition) is 2. The first kappa shape index (κ1) is 15.2. The predicted molar refractivity (Wildman–Crippen MR) is 85.7 cm³/mol. The summed E-state index contributed by atoms with van der Waals surface area (Å²) in [6, 6.07) is 6.27. The summed E-state index contributed by atoms with van der Waals surface area (Å²) in [5.74, 6) is -0.660. The van der Waals surface area contributed by atoms with Crippen molar-refractivity contribution in [3.63, 3.8) is 0 Å². The maximum Gasteiger partial charge on any atom is 0.321 e. The van der Waals surface area contributed by atoms with Crippen LogP contribution in [0.25, 0.3) is 0 Å². The molecular weight excluding hydrogens is 316 g/mol. The minimum absolute atomic E-state index is 0.122. The summed E-state index contributed by atoms with van der Waals surface area (Å²) in [7, 11) is 0. The smallest absolute Gasteiger partial charge is 0.321 e. The van der Waals surface area contributed by atoms with Crippen molar-refractivity contribution in [1.29, 1.82) is 0 Å². The van der Waals surface area contributed by atoms with E-state index in [0.29, 0.717) is 16.3 Å². The molecule has 2 aromatic rings. The van der Waals surface area contributed by atoms with Gasteiger partial charge in [0, 0.05) is 18.5 Å². The largest absolute Gasteiger partial charge is 0.336 e. The summed E-state index contributed by atoms with van der Waals surface area (Å²) in [6.45, 7) is 2.13. The van der Waals surface area contributed by atoms with Crippen molar-refractivity contribution in [2.24, 2.45) is 0 Å². The number of nitrogens with one attached hydrogen (secondary N) is 2. The number of aryl methyl sites for hydroxylation is 1. The van der Waals surface area contributed by atoms with Crippen LogP contribution in [0.1, 0.15) is 26.4 Å². The van der Waals surface area contributed by atoms with Gasteiger partial charge in [-0.25, -0.2) is 9.78 Å². The van der Waals surface area contributed by atoms with Gasteiger partial charge in [-0.1, -0.05) is 12.1 Å². The van der Waals surface area contributed by atoms with Gasteiger partial charge in [0.25, 0.3) is 11.8 Å². The Balaban J connectivity index is 1.52. The van der Waals surface area contributed by atoms with Gasteiger partial charge in [0.2, 0.25) is 0 Å². The zero-order valence-corrected chi connectivity index (χ0v) is 13.1. The van der Waals surface area contributed by atoms with Crippen LogP contribution in [-0.4, -0.2) is 40.8 Å². The standard InChI is InChI=1S/C15H14N4O3S/c1-9-8-23-15(17-9)18-14(22)16-6-7-19-12(20)10-4-2-3-5-11(10)13(19)21/h2-5,8H,6-7H2,1H3,(H2,16,17,18,22). The first-order valence-corrected chi connectivity index (χ1v) is 7.86. The van der Waals surface area contributed by atoms with Gasteiger partial charge < -0.3 is 5.32 Å². The normalized spacial score (nSPS) is 13.2. The fraction of sp³-hybridized carbons (Fsp3) is 0.200. The summed E-state index contributed by atoms with van der Waals surface area (Å²) in [4.78, 5) is 41.3. The van der Waals surface area contributed by atoms with E-state index < -0.39 is 6.03 Å². The monoisotopic (exact) mass is 330 g/mol. The third kappa shape index (κ3) is 3.07. The second-order valence-electron chi connectivity index (χ2n) is 4.98. The van der Waals surface area contributed by atoms with Gasteiger partial charge in [-0.3, -0.25) is 19.8 Å². The lowest BCUT2D eigenvalue weighted by Crippen LogP contribution is -2.39. The van der Waals surface area contributed by atoms with Crippen molar-refractivity contribution in [1.82, 2.24) is 15.2 Å². The van der Waals surface area contributed by atoms with Gasteiger partial charge in [-0.2, -0.15) is 0 Å². The van der Waals surface area contributed by atoms with Crippen molar-refractivity contribution in [3.8, 4) is 0 Å². The highest BCUT2D eigenvalue weighted by atomic mass is 32.1. The summed E-state index contributed by atoms with van der Waals surface area (Å²) in [6.07, 6.45) is 0. The first-order valence-electron chi connectivity index (χ1n) is 6.98. The number of rotatable bonds is 4. The zero-order chi connectivity index (χ0) is 16.4. The number of amides is 4. The quantitative estimate of drug-likeness (QED) is 0.837. The van der Waals surface area contributed by atoms with Crippen LogP contribution in [0.15, 0.2) is 29.6 Å². The maximum absolute atomic E-state index is 12.1. The van der Waals surface area contributed by atoms with Crippen LogP contribution < -0.4 is 10.6 Å². The summed E-state index contributed by atoms with van der Waals surface area (Å²) >= 11 is 1.33. The third-order valence-electron chi connectivity index (χ3n) is 3.34. The van der Waals surface area contributed by atoms with E-state index in [4.69, 9.17) is 0 Å². The lowest BCUT2D eigenvalue weighted by molar-refractivity contribution is 0.0656. The maximum atomic E-state index is 12.1. The number of aromatic nitrogens is 1. The molecule has 1 aromatic carbocycles. The van der Waals surface area contributed by atoms with Crippen LogP contribution in [-0.2, 0) is 0 Å². The lowest BCUT2D eigenvalue weighted by Gasteiger charge is -2.14. The van der Waals surface area contributed by atoms with Crippen molar-refractivity contribution in [2.45, 2.75) is 6.92 Å². The zero-order valence-electron chi connectivity index (χ0n) is 12.3. The summed E-state index contributed by atoms with van der Waals surface area (Å²) in [5.41, 5.74) is 1.64. The van der Waals surface area contributed by atoms with Gasteiger partial charge in [-0.15, -0.1) is 11.3 Å². The Labute approximate surface area is 136 Å². The molecule has 0 aliphatic carbocycles. The van der Waals surface area contributed by atoms with Gasteiger partial charge in [-0.05, 0) is 19.1 Å². The fourth-order valence-electron chi connectivity index (χ4n) is 2.28. The van der Waals surface area contributed by atoms with Crippen LogP contribution in [0, 0.1) is 6.92 Å². The number of carbonyl (C=O) groups is 3. The molecule has 2 N–H and O–H groups in total. The number of carbonyl (C=O) groups excluding carboxylic acids is 3. The van der Waals surface area contributed by atoms with E-state index in [1.54, 1.807) is 24.3 Å². The minimum atomic E-state index is -0.420. The Kier molecular flexibility index (Phi) is 4.07. The van der Waals surface area contributed by atoms with E-state index in [-0.39, 0.29) is 24.9 Å². The molecule has 3 rings (SSSR count). The molecule has 7 nitrogen and oxygen atoms in total. The van der Waals surface area contributed by atoms with E-state index >= 15 is 0 Å². The number of benzene rings is 1. The fourth-order valence-corrected chi connectivity index (χ4v) is 2.96. The van der Waals surface area contributed by atoms with Crippen LogP contribution in [0.5, 0.6) is 0 Å². The third-order valence-corrected chi connectivity index (χ3v) is 4.21. The highest BCUT2D eigenvalue weighted by Gasteiger charge is 2.34. The van der Waals surface area contributed by atoms with E-state index in [0.717, 1.165) is 10.6 Å². The molecule has 0 bridgehead atoms. The Morgan fingerprint density at radius 3 is 2.43 bits per heavy atom. The Morgan fingerprint density at radius 1 is 1.22 bits per heavy atom. The molecular formula is C15H14N4O3S. The van der Waals surface area contributed by atoms with Crippen LogP contribution in [0.2, 0.25) is 0 Å². The molecule has 23 heavy (non-hydrogen) atoms. The van der Waals surface area contributed by atoms with E-state index in [2.05, 4.69) is 15.6 Å². The molecule has 0 unspecified atom stereocenters. The summed E-state index contributed by atoms with van der Waals surface area (Å²) < 4.78 is 0. The van der Waals surface area contributed by atoms with Crippen molar-refractivity contribution >= 4 is 34.3 Å². The molecule has 1 aliphatic rings. The molecule has 0 spiro atoms. The number of imide groups is 1. The van der Waals surface area contributed by atoms with Gasteiger partial charge in [0.15, 0.2) is 5.13 Å². The molecule has 0 fully saturated rings. The Bertz CT molecular complexity index is 752. The summed E-state index contributed by atoms with van der Waals surface area (Å²) in [5, 5.41) is 7.53. The SMILES string of the molecule is Cc1csc(NC(=O)NCCN2C(=O)c3ccccc3C2=O)n1. The molecule has 0 saturated heterocycles. The number of anilines is 1. The number of nitrogens with zero attached hydrogens (tertiary/aromatic N) is 2. The average Bonchev–Trinajstić information content (AvgIpc) is 3.04. The van der Waals surface area contributed by atoms with Gasteiger partial charge in [0.05, 0.1) is 16.8 Å². The lowest BCUT2D eigenvalue weighted by atomic mass is 10.1. The molecule has 0 atom stereocenters. The van der Waals surface area contributed by atoms with Crippen LogP contribution in [0.3, 0.4) is 0 Å². The van der Waals surface area contributed by atoms with E-state index in [1.165, 1.54) is 11.3 Å². The number of fused-ring (bicyclic) bond motifs is 1. The van der Waals surface area contributed by atoms with Crippen molar-refractivity contribution < 1.29 is 14.4 Å². The van der Waals surface area contributed by atoms with Crippen molar-refractivity contribution in [2.75, 3.05) is 18.4 Å². The van der Waals surface area contributed by atoms with Crippen LogP contribution >= 0.6 is 11.3 Å². The predicted octanol–water partition coefficient (Wildman–Crippen LogP) is 1.87. The molecule has 8 heteroatoms. The second-order valence-corrected chi connectivity index (χ2v) is 5.84. The van der Waals surface area contributed by atoms with Crippen LogP contribution in [0.4, 0.5) is 9.93 Å². The molecule has 118 valence electrons. The molecule has 0 radical (unpaired) electrons. The molecule has 2 heterocycles. The van der Waals surface area contributed by atoms with Gasteiger partial charge >= 0.3 is 6.03 Å². The van der Waals surface area contributed by atoms with E-state index in [1.807, 2.05) is 12.3 Å². The molecule has 4 amide bonds. The van der Waals surface area contributed by atoms with Crippen molar-refractivity contribution in [3.05, 3.63) is 46.5 Å². The highest BCUT2D eigenvalue weighted by molar-refractivity contribution is 7.13. The second kappa shape index (κ2) is 6.17. The van der Waals surface area contributed by atoms with Gasteiger partial charge in [0.1, 0.15) is 0 Å². The number of urea groups is 1. The average molecular weight is 330 g/mol. The molecule has 0 saturated carbocycles.